The van der Waals surface area contributed by atoms with Crippen LogP contribution >= 0.6 is 0 Å². The van der Waals surface area contributed by atoms with Crippen molar-refractivity contribution < 1.29 is 13.9 Å². The Morgan fingerprint density at radius 1 is 1.15 bits per heavy atom. The number of cyclic esters (lactones) is 1. The van der Waals surface area contributed by atoms with E-state index >= 15 is 0 Å². The lowest BCUT2D eigenvalue weighted by Gasteiger charge is -2.02. The number of halogens is 1. The molecule has 0 bridgehead atoms. The van der Waals surface area contributed by atoms with Gasteiger partial charge < -0.3 is 4.74 Å². The molecule has 5 heteroatoms. The Bertz CT molecular complexity index is 352. The molecular formula is C8H4FN2O2. The first-order valence-corrected chi connectivity index (χ1v) is 3.52. The van der Waals surface area contributed by atoms with E-state index in [2.05, 4.69) is 15.0 Å². The van der Waals surface area contributed by atoms with E-state index in [4.69, 9.17) is 0 Å². The first-order chi connectivity index (χ1) is 6.25. The van der Waals surface area contributed by atoms with Crippen molar-refractivity contribution in [1.82, 2.24) is 0 Å². The smallest absolute Gasteiger partial charge is 0.386 e. The third-order valence-electron chi connectivity index (χ3n) is 1.50. The molecule has 0 saturated carbocycles. The van der Waals surface area contributed by atoms with Crippen LogP contribution in [0, 0.1) is 6.17 Å². The molecule has 1 aliphatic carbocycles. The van der Waals surface area contributed by atoms with E-state index in [9.17, 15) is 9.18 Å². The van der Waals surface area contributed by atoms with Crippen molar-refractivity contribution in [3.63, 3.8) is 0 Å². The van der Waals surface area contributed by atoms with Gasteiger partial charge in [0.1, 0.15) is 0 Å². The number of hydrogen-bond acceptors (Lipinski definition) is 3. The molecule has 4 nitrogen and oxygen atoms in total. The summed E-state index contributed by atoms with van der Waals surface area (Å²) in [6.07, 6.45) is 4.32. The van der Waals surface area contributed by atoms with Crippen molar-refractivity contribution in [2.24, 2.45) is 10.2 Å². The minimum absolute atomic E-state index is 0.102. The van der Waals surface area contributed by atoms with Crippen molar-refractivity contribution in [2.45, 2.75) is 0 Å². The maximum Gasteiger partial charge on any atom is 0.459 e. The molecule has 0 aromatic heterocycles. The zero-order valence-corrected chi connectivity index (χ0v) is 6.40. The Morgan fingerprint density at radius 3 is 2.38 bits per heavy atom. The fourth-order valence-corrected chi connectivity index (χ4v) is 0.919. The lowest BCUT2D eigenvalue weighted by Crippen LogP contribution is -1.93. The average molecular weight is 179 g/mol. The van der Waals surface area contributed by atoms with Gasteiger partial charge in [-0.2, -0.15) is 0 Å². The van der Waals surface area contributed by atoms with Crippen LogP contribution in [-0.2, 0) is 4.74 Å². The van der Waals surface area contributed by atoms with Crippen LogP contribution in [0.4, 0.5) is 9.18 Å². The number of nitrogens with zero attached hydrogens (tertiary/aromatic N) is 2. The van der Waals surface area contributed by atoms with Crippen molar-refractivity contribution in [1.29, 1.82) is 0 Å². The molecular weight excluding hydrogens is 175 g/mol. The van der Waals surface area contributed by atoms with E-state index in [0.717, 1.165) is 0 Å². The van der Waals surface area contributed by atoms with Gasteiger partial charge in [0.05, 0.1) is 0 Å². The van der Waals surface area contributed by atoms with Crippen LogP contribution in [0.3, 0.4) is 0 Å². The summed E-state index contributed by atoms with van der Waals surface area (Å²) in [5, 5.41) is 6.61. The topological polar surface area (TPSA) is 51.0 Å². The van der Waals surface area contributed by atoms with Gasteiger partial charge >= 0.3 is 6.09 Å². The minimum atomic E-state index is -0.751. The number of amides is 1. The Kier molecular flexibility index (Phi) is 1.77. The predicted octanol–water partition coefficient (Wildman–Crippen LogP) is 2.43. The van der Waals surface area contributed by atoms with Gasteiger partial charge in [-0.25, -0.2) is 9.18 Å². The maximum atomic E-state index is 12.5. The van der Waals surface area contributed by atoms with E-state index in [1.165, 1.54) is 24.3 Å². The second-order valence-corrected chi connectivity index (χ2v) is 2.38. The van der Waals surface area contributed by atoms with Crippen LogP contribution in [0.1, 0.15) is 0 Å². The van der Waals surface area contributed by atoms with E-state index in [0.29, 0.717) is 5.57 Å². The highest BCUT2D eigenvalue weighted by Gasteiger charge is 2.17. The van der Waals surface area contributed by atoms with Crippen LogP contribution in [0.2, 0.25) is 0 Å². The van der Waals surface area contributed by atoms with E-state index in [1.807, 2.05) is 0 Å². The van der Waals surface area contributed by atoms with Gasteiger partial charge in [0.25, 0.3) is 5.88 Å². The lowest BCUT2D eigenvalue weighted by molar-refractivity contribution is 0.196. The van der Waals surface area contributed by atoms with Gasteiger partial charge in [0.15, 0.2) is 6.17 Å². The van der Waals surface area contributed by atoms with E-state index in [1.54, 1.807) is 0 Å². The molecule has 0 saturated heterocycles. The number of carbonyl (C=O) groups excluding carboxylic acids is 1. The Balaban J connectivity index is 2.27. The summed E-state index contributed by atoms with van der Waals surface area (Å²) in [6.45, 7) is 0. The summed E-state index contributed by atoms with van der Waals surface area (Å²) in [4.78, 5) is 10.5. The molecule has 0 aromatic carbocycles. The summed E-state index contributed by atoms with van der Waals surface area (Å²) in [5.74, 6) is 0.102. The molecule has 13 heavy (non-hydrogen) atoms. The largest absolute Gasteiger partial charge is 0.459 e. The van der Waals surface area contributed by atoms with Gasteiger partial charge in [-0.3, -0.25) is 0 Å². The summed E-state index contributed by atoms with van der Waals surface area (Å²) in [5.41, 5.74) is 0.524. The molecule has 0 aromatic rings. The maximum absolute atomic E-state index is 12.5. The summed E-state index contributed by atoms with van der Waals surface area (Å²) < 4.78 is 17.1. The molecule has 2 aliphatic rings. The molecule has 0 unspecified atom stereocenters. The molecule has 0 N–H and O–H groups in total. The van der Waals surface area contributed by atoms with Crippen molar-refractivity contribution in [2.75, 3.05) is 0 Å². The number of ether oxygens (including phenoxy) is 1. The third kappa shape index (κ3) is 1.53. The summed E-state index contributed by atoms with van der Waals surface area (Å²) in [7, 11) is 0. The Hall–Kier alpha value is -1.78. The second-order valence-electron chi connectivity index (χ2n) is 2.38. The highest BCUT2D eigenvalue weighted by molar-refractivity contribution is 5.71. The highest BCUT2D eigenvalue weighted by atomic mass is 19.1. The molecule has 0 atom stereocenters. The number of carbonyl (C=O) groups is 1. The van der Waals surface area contributed by atoms with Gasteiger partial charge in [-0.15, -0.1) is 5.11 Å². The SMILES string of the molecule is O=C1N=NC(=C2C=C[C](F)C=C2)O1. The standard InChI is InChI=1S/C8H4FN2O2/c9-6-3-1-5(2-4-6)7-10-11-8(12)13-7/h1-4H. The van der Waals surface area contributed by atoms with Gasteiger partial charge in [0, 0.05) is 5.57 Å². The normalized spacial score (nSPS) is 21.5. The zero-order valence-electron chi connectivity index (χ0n) is 6.40. The van der Waals surface area contributed by atoms with Crippen LogP contribution in [0.5, 0.6) is 0 Å². The Morgan fingerprint density at radius 2 is 1.85 bits per heavy atom. The van der Waals surface area contributed by atoms with Crippen LogP contribution in [0.25, 0.3) is 0 Å². The highest BCUT2D eigenvalue weighted by Crippen LogP contribution is 2.23. The van der Waals surface area contributed by atoms with Crippen molar-refractivity contribution in [3.05, 3.63) is 41.9 Å². The van der Waals surface area contributed by atoms with Crippen LogP contribution < -0.4 is 0 Å². The van der Waals surface area contributed by atoms with E-state index in [-0.39, 0.29) is 12.1 Å². The quantitative estimate of drug-likeness (QED) is 0.573. The molecule has 65 valence electrons. The van der Waals surface area contributed by atoms with Gasteiger partial charge in [-0.05, 0) is 24.3 Å². The van der Waals surface area contributed by atoms with Crippen molar-refractivity contribution >= 4 is 6.09 Å². The number of azo groups is 1. The lowest BCUT2D eigenvalue weighted by atomic mass is 10.1. The van der Waals surface area contributed by atoms with Crippen LogP contribution in [-0.4, -0.2) is 6.09 Å². The summed E-state index contributed by atoms with van der Waals surface area (Å²) in [6, 6.07) is 0. The Labute approximate surface area is 73.1 Å². The fraction of sp³-hybridized carbons (Fsp3) is 0. The predicted molar refractivity (Wildman–Crippen MR) is 41.0 cm³/mol. The molecule has 1 amide bonds. The summed E-state index contributed by atoms with van der Waals surface area (Å²) >= 11 is 0. The third-order valence-corrected chi connectivity index (χ3v) is 1.50. The number of hydrogen-bond donors (Lipinski definition) is 0. The first kappa shape index (κ1) is 7.85. The first-order valence-electron chi connectivity index (χ1n) is 3.52. The second kappa shape index (κ2) is 2.93. The van der Waals surface area contributed by atoms with E-state index < -0.39 is 6.09 Å². The molecule has 0 spiro atoms. The minimum Gasteiger partial charge on any atom is -0.386 e. The monoisotopic (exact) mass is 179 g/mol. The molecule has 0 fully saturated rings. The molecule has 1 heterocycles. The molecule has 2 rings (SSSR count). The molecule has 1 radical (unpaired) electrons. The van der Waals surface area contributed by atoms with Crippen LogP contribution in [0.15, 0.2) is 46.0 Å². The van der Waals surface area contributed by atoms with Crippen molar-refractivity contribution in [3.8, 4) is 0 Å². The fourth-order valence-electron chi connectivity index (χ4n) is 0.919. The average Bonchev–Trinajstić information content (AvgIpc) is 2.53. The van der Waals surface area contributed by atoms with Gasteiger partial charge in [-0.1, -0.05) is 5.11 Å². The van der Waals surface area contributed by atoms with Gasteiger partial charge in [0.2, 0.25) is 0 Å². The zero-order chi connectivity index (χ0) is 9.26. The number of allylic oxidation sites excluding steroid dienone is 5. The molecule has 1 aliphatic heterocycles. The number of rotatable bonds is 0.